The van der Waals surface area contributed by atoms with Crippen LogP contribution in [0.5, 0.6) is 34.5 Å². The maximum atomic E-state index is 13.4. The van der Waals surface area contributed by atoms with Gasteiger partial charge in [0.05, 0.1) is 14.2 Å². The number of methoxy groups -OCH3 is 2. The first-order chi connectivity index (χ1) is 23.8. The second-order valence-electron chi connectivity index (χ2n) is 11.6. The summed E-state index contributed by atoms with van der Waals surface area (Å²) in [6, 6.07) is 3.51. The Kier molecular flexibility index (Phi) is 10.7. The van der Waals surface area contributed by atoms with Crippen LogP contribution in [0.25, 0.3) is 0 Å². The van der Waals surface area contributed by atoms with Gasteiger partial charge in [0.15, 0.2) is 11.5 Å². The summed E-state index contributed by atoms with van der Waals surface area (Å²) in [5.41, 5.74) is -2.10. The number of hydrogen-bond donors (Lipinski definition) is 4. The molecule has 268 valence electrons. The van der Waals surface area contributed by atoms with Crippen molar-refractivity contribution in [2.75, 3.05) is 14.2 Å². The number of carboxylic acid groups (broad SMARTS) is 1. The molecule has 0 fully saturated rings. The molecule has 0 saturated heterocycles. The van der Waals surface area contributed by atoms with Gasteiger partial charge >= 0.3 is 23.9 Å². The molecular formula is C36H33BrO14. The number of ether oxygens (including phenoxy) is 5. The molecule has 4 N–H and O–H groups in total. The fourth-order valence-corrected chi connectivity index (χ4v) is 6.05. The van der Waals surface area contributed by atoms with Crippen molar-refractivity contribution in [2.45, 2.75) is 47.1 Å². The van der Waals surface area contributed by atoms with Crippen LogP contribution < -0.4 is 18.9 Å². The summed E-state index contributed by atoms with van der Waals surface area (Å²) in [4.78, 5) is 63.5. The van der Waals surface area contributed by atoms with E-state index in [1.807, 2.05) is 0 Å². The molecule has 0 aromatic heterocycles. The number of carboxylic acids is 1. The molecule has 0 saturated carbocycles. The molecule has 0 aliphatic heterocycles. The Morgan fingerprint density at radius 3 is 1.90 bits per heavy atom. The molecule has 0 unspecified atom stereocenters. The molecule has 4 rings (SSSR count). The molecule has 0 heterocycles. The normalized spacial score (nSPS) is 15.4. The van der Waals surface area contributed by atoms with E-state index in [1.165, 1.54) is 53.9 Å². The van der Waals surface area contributed by atoms with Gasteiger partial charge in [0.2, 0.25) is 5.60 Å². The molecule has 0 spiro atoms. The zero-order valence-corrected chi connectivity index (χ0v) is 30.2. The van der Waals surface area contributed by atoms with Crippen LogP contribution in [0.1, 0.15) is 65.8 Å². The number of allylic oxidation sites excluding steroid dienone is 2. The number of phenols is 2. The van der Waals surface area contributed by atoms with Gasteiger partial charge in [0.25, 0.3) is 0 Å². The van der Waals surface area contributed by atoms with Crippen molar-refractivity contribution >= 4 is 45.6 Å². The molecular weight excluding hydrogens is 736 g/mol. The SMILES string of the molecule is COC1=CC(=O)C=C(C)[C@]1(O)C(=O)Oc1c(C)c(C)c(C(=O)Oc2cc(C)c(C(=O)Oc3cc(OC)c(C(=O)O)c(C)c3C)c(O)c2)c(O)c1Br. The van der Waals surface area contributed by atoms with Crippen LogP contribution >= 0.6 is 15.9 Å². The van der Waals surface area contributed by atoms with Gasteiger partial charge in [-0.2, -0.15) is 0 Å². The third-order valence-corrected chi connectivity index (χ3v) is 9.29. The number of esters is 3. The van der Waals surface area contributed by atoms with Crippen molar-refractivity contribution in [3.05, 3.63) is 90.7 Å². The van der Waals surface area contributed by atoms with E-state index in [1.54, 1.807) is 6.92 Å². The maximum Gasteiger partial charge on any atom is 0.356 e. The summed E-state index contributed by atoms with van der Waals surface area (Å²) < 4.78 is 26.5. The van der Waals surface area contributed by atoms with E-state index < -0.39 is 46.8 Å². The Bertz CT molecular complexity index is 2060. The Morgan fingerprint density at radius 1 is 0.725 bits per heavy atom. The minimum absolute atomic E-state index is 0.000112. The number of phenolic OH excluding ortho intramolecular Hbond substituents is 2. The lowest BCUT2D eigenvalue weighted by Crippen LogP contribution is -2.47. The van der Waals surface area contributed by atoms with Crippen LogP contribution in [0.3, 0.4) is 0 Å². The topological polar surface area (TPSA) is 212 Å². The molecule has 1 aliphatic rings. The summed E-state index contributed by atoms with van der Waals surface area (Å²) in [5, 5.41) is 42.6. The van der Waals surface area contributed by atoms with Gasteiger partial charge in [-0.25, -0.2) is 19.2 Å². The second-order valence-corrected chi connectivity index (χ2v) is 12.4. The lowest BCUT2D eigenvalue weighted by Gasteiger charge is -2.30. The van der Waals surface area contributed by atoms with E-state index in [2.05, 4.69) is 15.9 Å². The summed E-state index contributed by atoms with van der Waals surface area (Å²) in [5.74, 6) is -7.19. The van der Waals surface area contributed by atoms with Gasteiger partial charge in [0, 0.05) is 18.2 Å². The fraction of sp³-hybridized carbons (Fsp3) is 0.250. The monoisotopic (exact) mass is 768 g/mol. The van der Waals surface area contributed by atoms with Crippen molar-refractivity contribution in [1.29, 1.82) is 0 Å². The van der Waals surface area contributed by atoms with Crippen molar-refractivity contribution in [1.82, 2.24) is 0 Å². The Labute approximate surface area is 299 Å². The van der Waals surface area contributed by atoms with Gasteiger partial charge < -0.3 is 44.1 Å². The largest absolute Gasteiger partial charge is 0.507 e. The highest BCUT2D eigenvalue weighted by Gasteiger charge is 2.48. The van der Waals surface area contributed by atoms with Crippen molar-refractivity contribution in [3.8, 4) is 34.5 Å². The molecule has 51 heavy (non-hydrogen) atoms. The third kappa shape index (κ3) is 6.77. The van der Waals surface area contributed by atoms with Gasteiger partial charge in [-0.3, -0.25) is 4.79 Å². The molecule has 0 radical (unpaired) electrons. The highest BCUT2D eigenvalue weighted by atomic mass is 79.9. The Balaban J connectivity index is 1.61. The number of rotatable bonds is 9. The quantitative estimate of drug-likeness (QED) is 0.162. The molecule has 15 heteroatoms. The van der Waals surface area contributed by atoms with Crippen LogP contribution in [-0.2, 0) is 14.3 Å². The minimum Gasteiger partial charge on any atom is -0.507 e. The first-order valence-corrected chi connectivity index (χ1v) is 15.7. The van der Waals surface area contributed by atoms with Crippen molar-refractivity contribution in [3.63, 3.8) is 0 Å². The Morgan fingerprint density at radius 2 is 1.33 bits per heavy atom. The molecule has 0 bridgehead atoms. The van der Waals surface area contributed by atoms with Gasteiger partial charge in [0.1, 0.15) is 55.7 Å². The fourth-order valence-electron chi connectivity index (χ4n) is 5.47. The second kappa shape index (κ2) is 14.3. The lowest BCUT2D eigenvalue weighted by atomic mass is 9.87. The zero-order valence-electron chi connectivity index (χ0n) is 28.6. The summed E-state index contributed by atoms with van der Waals surface area (Å²) in [6.45, 7) is 8.80. The number of hydrogen-bond acceptors (Lipinski definition) is 13. The van der Waals surface area contributed by atoms with Crippen molar-refractivity contribution < 1.29 is 68.1 Å². The minimum atomic E-state index is -2.45. The number of benzene rings is 3. The average Bonchev–Trinajstić information content (AvgIpc) is 3.05. The van der Waals surface area contributed by atoms with E-state index in [-0.39, 0.29) is 72.2 Å². The number of carbonyl (C=O) groups is 5. The highest BCUT2D eigenvalue weighted by Crippen LogP contribution is 2.44. The zero-order chi connectivity index (χ0) is 38.3. The summed E-state index contributed by atoms with van der Waals surface area (Å²) in [7, 11) is 2.43. The van der Waals surface area contributed by atoms with Crippen LogP contribution in [0.4, 0.5) is 0 Å². The number of aromatic carboxylic acids is 1. The molecule has 3 aromatic rings. The summed E-state index contributed by atoms with van der Waals surface area (Å²) >= 11 is 3.14. The number of carbonyl (C=O) groups excluding carboxylic acids is 4. The number of aryl methyl sites for hydroxylation is 1. The third-order valence-electron chi connectivity index (χ3n) is 8.55. The van der Waals surface area contributed by atoms with E-state index >= 15 is 0 Å². The number of ketones is 1. The molecule has 3 aromatic carbocycles. The van der Waals surface area contributed by atoms with Gasteiger partial charge in [-0.05, 0) is 103 Å². The maximum absolute atomic E-state index is 13.4. The van der Waals surface area contributed by atoms with Gasteiger partial charge in [-0.1, -0.05) is 0 Å². The number of aliphatic hydroxyl groups is 1. The number of halogens is 1. The van der Waals surface area contributed by atoms with E-state index in [4.69, 9.17) is 23.7 Å². The predicted molar refractivity (Wildman–Crippen MR) is 182 cm³/mol. The highest BCUT2D eigenvalue weighted by molar-refractivity contribution is 9.10. The van der Waals surface area contributed by atoms with Crippen LogP contribution in [0, 0.1) is 34.6 Å². The number of aromatic hydroxyl groups is 2. The smallest absolute Gasteiger partial charge is 0.356 e. The van der Waals surface area contributed by atoms with E-state index in [0.29, 0.717) is 11.1 Å². The lowest BCUT2D eigenvalue weighted by molar-refractivity contribution is -0.151. The summed E-state index contributed by atoms with van der Waals surface area (Å²) in [6.07, 6.45) is 1.98. The molecule has 1 atom stereocenters. The standard InChI is InChI=1S/C36H33BrO14/c1-14-9-21(12-22(39)26(14)33(43)50-23-13-24(47-7)27(32(41)42)17(4)16(23)3)49-34(44)28-18(5)19(6)31(29(37)30(28)40)51-35(45)36(46)15(2)10-20(38)11-25(36)48-8/h9-13,39-40,46H,1-8H3,(H,41,42)/t36-/m1/s1. The predicted octanol–water partition coefficient (Wildman–Crippen LogP) is 5.24. The first kappa shape index (κ1) is 38.1. The van der Waals surface area contributed by atoms with E-state index in [9.17, 15) is 44.4 Å². The van der Waals surface area contributed by atoms with Crippen LogP contribution in [0.2, 0.25) is 0 Å². The average molecular weight is 770 g/mol. The molecule has 1 aliphatic carbocycles. The van der Waals surface area contributed by atoms with Gasteiger partial charge in [-0.15, -0.1) is 0 Å². The Hall–Kier alpha value is -5.67. The van der Waals surface area contributed by atoms with E-state index in [0.717, 1.165) is 25.3 Å². The molecule has 0 amide bonds. The van der Waals surface area contributed by atoms with Crippen LogP contribution in [-0.4, -0.2) is 69.9 Å². The first-order valence-electron chi connectivity index (χ1n) is 14.9. The van der Waals surface area contributed by atoms with Crippen molar-refractivity contribution in [2.24, 2.45) is 0 Å². The van der Waals surface area contributed by atoms with Crippen LogP contribution in [0.15, 0.2) is 46.2 Å². The molecule has 14 nitrogen and oxygen atoms in total.